The molecule has 0 aromatic carbocycles. The molecule has 0 aliphatic rings. The quantitative estimate of drug-likeness (QED) is 0.911. The minimum absolute atomic E-state index is 0.0241. The molecule has 16 heavy (non-hydrogen) atoms. The van der Waals surface area contributed by atoms with E-state index in [-0.39, 0.29) is 6.04 Å². The predicted octanol–water partition coefficient (Wildman–Crippen LogP) is 2.97. The van der Waals surface area contributed by atoms with Gasteiger partial charge in [-0.2, -0.15) is 0 Å². The molecule has 0 aliphatic carbocycles. The molecule has 2 aromatic heterocycles. The van der Waals surface area contributed by atoms with Gasteiger partial charge in [0.15, 0.2) is 0 Å². The third-order valence-electron chi connectivity index (χ3n) is 2.43. The molecule has 0 aliphatic heterocycles. The van der Waals surface area contributed by atoms with E-state index < -0.39 is 0 Å². The second kappa shape index (κ2) is 5.03. The normalized spacial score (nSPS) is 13.2. The van der Waals surface area contributed by atoms with Crippen LogP contribution in [0, 0.1) is 0 Å². The van der Waals surface area contributed by atoms with Crippen LogP contribution in [0.15, 0.2) is 17.5 Å². The molecule has 86 valence electrons. The Hall–Kier alpha value is -0.780. The van der Waals surface area contributed by atoms with Gasteiger partial charge < -0.3 is 5.73 Å². The van der Waals surface area contributed by atoms with Crippen molar-refractivity contribution in [3.05, 3.63) is 33.0 Å². The van der Waals surface area contributed by atoms with E-state index in [1.54, 1.807) is 11.3 Å². The SMILES string of the molecule is CC(C)c1nnsc1C(N)Cc1cccs1. The summed E-state index contributed by atoms with van der Waals surface area (Å²) in [4.78, 5) is 2.44. The standard InChI is InChI=1S/C11H15N3S2/c1-7(2)10-11(16-14-13-10)9(12)6-8-4-3-5-15-8/h3-5,7,9H,6,12H2,1-2H3. The average molecular weight is 253 g/mol. The lowest BCUT2D eigenvalue weighted by Gasteiger charge is -2.10. The highest BCUT2D eigenvalue weighted by Gasteiger charge is 2.18. The molecule has 2 aromatic rings. The molecule has 2 rings (SSSR count). The van der Waals surface area contributed by atoms with Gasteiger partial charge in [0.1, 0.15) is 0 Å². The van der Waals surface area contributed by atoms with Crippen LogP contribution in [0.1, 0.15) is 41.3 Å². The molecule has 5 heteroatoms. The van der Waals surface area contributed by atoms with Gasteiger partial charge in [0, 0.05) is 17.3 Å². The lowest BCUT2D eigenvalue weighted by atomic mass is 10.0. The maximum absolute atomic E-state index is 6.21. The molecule has 2 N–H and O–H groups in total. The topological polar surface area (TPSA) is 51.8 Å². The number of hydrogen-bond acceptors (Lipinski definition) is 5. The van der Waals surface area contributed by atoms with Gasteiger partial charge in [0.05, 0.1) is 10.6 Å². The van der Waals surface area contributed by atoms with Gasteiger partial charge in [0.2, 0.25) is 0 Å². The Morgan fingerprint density at radius 3 is 2.88 bits per heavy atom. The fourth-order valence-electron chi connectivity index (χ4n) is 1.60. The van der Waals surface area contributed by atoms with Gasteiger partial charge in [-0.05, 0) is 28.9 Å². The lowest BCUT2D eigenvalue weighted by Crippen LogP contribution is -2.13. The van der Waals surface area contributed by atoms with E-state index in [1.807, 2.05) is 0 Å². The Morgan fingerprint density at radius 1 is 1.44 bits per heavy atom. The zero-order valence-corrected chi connectivity index (χ0v) is 11.0. The van der Waals surface area contributed by atoms with Crippen molar-refractivity contribution in [3.8, 4) is 0 Å². The first-order valence-corrected chi connectivity index (χ1v) is 6.94. The van der Waals surface area contributed by atoms with E-state index in [9.17, 15) is 0 Å². The Kier molecular flexibility index (Phi) is 3.68. The van der Waals surface area contributed by atoms with E-state index in [1.165, 1.54) is 16.4 Å². The molecule has 0 spiro atoms. The predicted molar refractivity (Wildman–Crippen MR) is 68.9 cm³/mol. The second-order valence-electron chi connectivity index (χ2n) is 4.07. The Bertz CT molecular complexity index is 434. The zero-order chi connectivity index (χ0) is 11.5. The number of aromatic nitrogens is 2. The van der Waals surface area contributed by atoms with Crippen LogP contribution in [-0.2, 0) is 6.42 Å². The van der Waals surface area contributed by atoms with Gasteiger partial charge in [-0.3, -0.25) is 0 Å². The van der Waals surface area contributed by atoms with Crippen LogP contribution in [0.25, 0.3) is 0 Å². The molecule has 2 heterocycles. The molecule has 3 nitrogen and oxygen atoms in total. The van der Waals surface area contributed by atoms with Gasteiger partial charge in [-0.1, -0.05) is 24.4 Å². The number of thiophene rings is 1. The Morgan fingerprint density at radius 2 is 2.25 bits per heavy atom. The number of nitrogens with two attached hydrogens (primary N) is 1. The van der Waals surface area contributed by atoms with Crippen LogP contribution >= 0.6 is 22.9 Å². The summed E-state index contributed by atoms with van der Waals surface area (Å²) in [7, 11) is 0. The minimum atomic E-state index is 0.0241. The van der Waals surface area contributed by atoms with Gasteiger partial charge in [-0.25, -0.2) is 0 Å². The van der Waals surface area contributed by atoms with E-state index in [0.717, 1.165) is 17.0 Å². The fraction of sp³-hybridized carbons (Fsp3) is 0.455. The van der Waals surface area contributed by atoms with Crippen LogP contribution in [0.5, 0.6) is 0 Å². The molecule has 0 saturated carbocycles. The highest BCUT2D eigenvalue weighted by atomic mass is 32.1. The Labute approximate surface area is 103 Å². The first-order chi connectivity index (χ1) is 7.68. The molecule has 0 radical (unpaired) electrons. The summed E-state index contributed by atoms with van der Waals surface area (Å²) in [5, 5.41) is 6.24. The first kappa shape index (κ1) is 11.7. The van der Waals surface area contributed by atoms with Crippen LogP contribution < -0.4 is 5.73 Å². The van der Waals surface area contributed by atoms with Crippen molar-refractivity contribution in [2.24, 2.45) is 5.73 Å². The molecular weight excluding hydrogens is 238 g/mol. The third-order valence-corrected chi connectivity index (χ3v) is 4.20. The number of hydrogen-bond donors (Lipinski definition) is 1. The highest BCUT2D eigenvalue weighted by Crippen LogP contribution is 2.27. The summed E-state index contributed by atoms with van der Waals surface area (Å²) in [6.45, 7) is 4.25. The minimum Gasteiger partial charge on any atom is -0.323 e. The van der Waals surface area contributed by atoms with E-state index >= 15 is 0 Å². The second-order valence-corrected chi connectivity index (χ2v) is 5.89. The summed E-state index contributed by atoms with van der Waals surface area (Å²) in [5.41, 5.74) is 7.26. The van der Waals surface area contributed by atoms with Crippen LogP contribution in [0.4, 0.5) is 0 Å². The third kappa shape index (κ3) is 2.48. The molecular formula is C11H15N3S2. The summed E-state index contributed by atoms with van der Waals surface area (Å²) < 4.78 is 4.01. The maximum atomic E-state index is 6.21. The van der Waals surface area contributed by atoms with Crippen LogP contribution in [0.3, 0.4) is 0 Å². The molecule has 1 atom stereocenters. The van der Waals surface area contributed by atoms with Crippen molar-refractivity contribution in [1.29, 1.82) is 0 Å². The van der Waals surface area contributed by atoms with E-state index in [4.69, 9.17) is 5.73 Å². The Balaban J connectivity index is 2.14. The van der Waals surface area contributed by atoms with E-state index in [2.05, 4.69) is 40.9 Å². The van der Waals surface area contributed by atoms with Crippen molar-refractivity contribution < 1.29 is 0 Å². The zero-order valence-electron chi connectivity index (χ0n) is 9.38. The van der Waals surface area contributed by atoms with Crippen molar-refractivity contribution in [3.63, 3.8) is 0 Å². The van der Waals surface area contributed by atoms with Gasteiger partial charge in [-0.15, -0.1) is 16.4 Å². The van der Waals surface area contributed by atoms with Crippen molar-refractivity contribution in [1.82, 2.24) is 9.59 Å². The lowest BCUT2D eigenvalue weighted by molar-refractivity contribution is 0.706. The molecule has 0 bridgehead atoms. The molecule has 0 amide bonds. The maximum Gasteiger partial charge on any atom is 0.0829 e. The molecule has 1 unspecified atom stereocenters. The summed E-state index contributed by atoms with van der Waals surface area (Å²) in [5.74, 6) is 0.392. The number of rotatable bonds is 4. The van der Waals surface area contributed by atoms with E-state index in [0.29, 0.717) is 5.92 Å². The summed E-state index contributed by atoms with van der Waals surface area (Å²) in [6, 6.07) is 4.20. The van der Waals surface area contributed by atoms with Crippen molar-refractivity contribution in [2.75, 3.05) is 0 Å². The molecule has 0 fully saturated rings. The smallest absolute Gasteiger partial charge is 0.0829 e. The first-order valence-electron chi connectivity index (χ1n) is 5.28. The van der Waals surface area contributed by atoms with Gasteiger partial charge >= 0.3 is 0 Å². The summed E-state index contributed by atoms with van der Waals surface area (Å²) in [6.07, 6.45) is 0.876. The van der Waals surface area contributed by atoms with Gasteiger partial charge in [0.25, 0.3) is 0 Å². The fourth-order valence-corrected chi connectivity index (χ4v) is 3.17. The average Bonchev–Trinajstić information content (AvgIpc) is 2.86. The van der Waals surface area contributed by atoms with Crippen molar-refractivity contribution in [2.45, 2.75) is 32.2 Å². The molecule has 0 saturated heterocycles. The monoisotopic (exact) mass is 253 g/mol. The highest BCUT2D eigenvalue weighted by molar-refractivity contribution is 7.10. The van der Waals surface area contributed by atoms with Crippen molar-refractivity contribution >= 4 is 22.9 Å². The number of nitrogens with zero attached hydrogens (tertiary/aromatic N) is 2. The summed E-state index contributed by atoms with van der Waals surface area (Å²) >= 11 is 3.17. The van der Waals surface area contributed by atoms with Crippen LogP contribution in [-0.4, -0.2) is 9.59 Å². The largest absolute Gasteiger partial charge is 0.323 e. The van der Waals surface area contributed by atoms with Crippen LogP contribution in [0.2, 0.25) is 0 Å².